The van der Waals surface area contributed by atoms with E-state index in [0.717, 1.165) is 0 Å². The Balaban J connectivity index is 0.00000312. The Morgan fingerprint density at radius 3 is 1.16 bits per heavy atom. The van der Waals surface area contributed by atoms with Crippen molar-refractivity contribution >= 4 is 38.2 Å². The van der Waals surface area contributed by atoms with E-state index in [-0.39, 0.29) is 40.4 Å². The zero-order valence-corrected chi connectivity index (χ0v) is 16.2. The van der Waals surface area contributed by atoms with Gasteiger partial charge in [-0.15, -0.1) is 0 Å². The van der Waals surface area contributed by atoms with Crippen molar-refractivity contribution in [2.75, 3.05) is 0 Å². The summed E-state index contributed by atoms with van der Waals surface area (Å²) in [4.78, 5) is 10.0. The molecule has 0 saturated carbocycles. The summed E-state index contributed by atoms with van der Waals surface area (Å²) < 4.78 is 11.0. The third-order valence-corrected chi connectivity index (χ3v) is 4.54. The van der Waals surface area contributed by atoms with Crippen LogP contribution in [-0.4, -0.2) is 34.5 Å². The molecule has 0 amide bonds. The van der Waals surface area contributed by atoms with Gasteiger partial charge in [-0.1, -0.05) is 65.8 Å². The Morgan fingerprint density at radius 2 is 0.920 bits per heavy atom. The zero-order valence-electron chi connectivity index (χ0n) is 15.3. The summed E-state index contributed by atoms with van der Waals surface area (Å²) in [7, 11) is -2.01. The molecule has 1 N–H and O–H groups in total. The maximum atomic E-state index is 10.0. The average molecular weight is 370 g/mol. The molecule has 0 radical (unpaired) electrons. The molecule has 0 unspecified atom stereocenters. The molecule has 0 spiro atoms. The van der Waals surface area contributed by atoms with Crippen LogP contribution in [0.5, 0.6) is 11.5 Å². The zero-order chi connectivity index (χ0) is 18.0. The standard InChI is InChI=1S/C20H27O3P.Na.H/c1-19(2,3)15-7-11-17(12-8-15)22-24(21)23-18-13-9-16(10-14-18)20(4,5)6;;/h7-14,21H,1-6H3;;. The van der Waals surface area contributed by atoms with Crippen LogP contribution in [0.3, 0.4) is 0 Å². The van der Waals surface area contributed by atoms with E-state index in [1.165, 1.54) is 11.1 Å². The van der Waals surface area contributed by atoms with E-state index in [9.17, 15) is 4.89 Å². The molecule has 0 aromatic heterocycles. The van der Waals surface area contributed by atoms with Crippen LogP contribution in [0.1, 0.15) is 52.7 Å². The second kappa shape index (κ2) is 8.88. The number of hydrogen-bond donors (Lipinski definition) is 1. The van der Waals surface area contributed by atoms with Crippen LogP contribution in [-0.2, 0) is 10.8 Å². The molecule has 0 atom stereocenters. The van der Waals surface area contributed by atoms with Gasteiger partial charge in [-0.2, -0.15) is 0 Å². The predicted octanol–water partition coefficient (Wildman–Crippen LogP) is 5.31. The first-order chi connectivity index (χ1) is 11.1. The number of benzene rings is 2. The Morgan fingerprint density at radius 1 is 0.640 bits per heavy atom. The van der Waals surface area contributed by atoms with E-state index < -0.39 is 8.60 Å². The maximum absolute atomic E-state index is 10.0. The van der Waals surface area contributed by atoms with Crippen LogP contribution in [0.15, 0.2) is 48.5 Å². The van der Waals surface area contributed by atoms with Crippen molar-refractivity contribution in [2.45, 2.75) is 52.4 Å². The fourth-order valence-electron chi connectivity index (χ4n) is 2.23. The van der Waals surface area contributed by atoms with Crippen LogP contribution in [0, 0.1) is 0 Å². The van der Waals surface area contributed by atoms with Crippen molar-refractivity contribution in [3.8, 4) is 11.5 Å². The SMILES string of the molecule is CC(C)(C)c1ccc(OP(O)Oc2ccc(C(C)(C)C)cc2)cc1.[NaH]. The van der Waals surface area contributed by atoms with Crippen molar-refractivity contribution in [1.29, 1.82) is 0 Å². The molecule has 2 rings (SSSR count). The van der Waals surface area contributed by atoms with Gasteiger partial charge in [0.1, 0.15) is 11.5 Å². The van der Waals surface area contributed by atoms with Gasteiger partial charge in [0.05, 0.1) is 0 Å². The molecule has 3 nitrogen and oxygen atoms in total. The normalized spacial score (nSPS) is 11.8. The van der Waals surface area contributed by atoms with Crippen LogP contribution < -0.4 is 9.05 Å². The van der Waals surface area contributed by atoms with E-state index in [4.69, 9.17) is 9.05 Å². The fourth-order valence-corrected chi connectivity index (χ4v) is 2.87. The predicted molar refractivity (Wildman–Crippen MR) is 108 cm³/mol. The topological polar surface area (TPSA) is 38.7 Å². The van der Waals surface area contributed by atoms with Crippen LogP contribution in [0.4, 0.5) is 0 Å². The van der Waals surface area contributed by atoms with Gasteiger partial charge >= 0.3 is 38.2 Å². The third-order valence-electron chi connectivity index (χ3n) is 3.81. The Bertz CT molecular complexity index is 596. The third kappa shape index (κ3) is 6.92. The molecule has 2 aromatic carbocycles. The van der Waals surface area contributed by atoms with Crippen molar-refractivity contribution in [3.63, 3.8) is 0 Å². The molecule has 0 heterocycles. The molecule has 0 aliphatic carbocycles. The summed E-state index contributed by atoms with van der Waals surface area (Å²) >= 11 is 0. The Hall–Kier alpha value is -0.570. The first kappa shape index (κ1) is 22.5. The molecule has 132 valence electrons. The molecule has 5 heteroatoms. The van der Waals surface area contributed by atoms with Crippen molar-refractivity contribution in [3.05, 3.63) is 59.7 Å². The Kier molecular flexibility index (Phi) is 7.98. The van der Waals surface area contributed by atoms with Gasteiger partial charge < -0.3 is 13.9 Å². The van der Waals surface area contributed by atoms with E-state index in [2.05, 4.69) is 41.5 Å². The average Bonchev–Trinajstić information content (AvgIpc) is 2.46. The number of rotatable bonds is 4. The first-order valence-corrected chi connectivity index (χ1v) is 9.25. The summed E-state index contributed by atoms with van der Waals surface area (Å²) in [6.07, 6.45) is 0. The molecular formula is C20H28NaO3P. The molecule has 25 heavy (non-hydrogen) atoms. The molecule has 0 aliphatic heterocycles. The first-order valence-electron chi connectivity index (χ1n) is 8.12. The summed E-state index contributed by atoms with van der Waals surface area (Å²) in [5, 5.41) is 0. The second-order valence-corrected chi connectivity index (χ2v) is 8.81. The van der Waals surface area contributed by atoms with Gasteiger partial charge in [0.15, 0.2) is 0 Å². The summed E-state index contributed by atoms with van der Waals surface area (Å²) in [6, 6.07) is 15.5. The van der Waals surface area contributed by atoms with Crippen molar-refractivity contribution in [2.24, 2.45) is 0 Å². The van der Waals surface area contributed by atoms with Crippen LogP contribution in [0.2, 0.25) is 0 Å². The quantitative estimate of drug-likeness (QED) is 0.585. The van der Waals surface area contributed by atoms with Crippen molar-refractivity contribution < 1.29 is 13.9 Å². The number of hydrogen-bond acceptors (Lipinski definition) is 3. The monoisotopic (exact) mass is 370 g/mol. The molecule has 0 bridgehead atoms. The van der Waals surface area contributed by atoms with E-state index in [1.807, 2.05) is 48.5 Å². The van der Waals surface area contributed by atoms with Gasteiger partial charge in [-0.3, -0.25) is 0 Å². The second-order valence-electron chi connectivity index (χ2n) is 7.97. The van der Waals surface area contributed by atoms with E-state index in [0.29, 0.717) is 11.5 Å². The molecular weight excluding hydrogens is 342 g/mol. The molecule has 0 aliphatic rings. The van der Waals surface area contributed by atoms with Gasteiger partial charge in [0.2, 0.25) is 0 Å². The molecule has 2 aromatic rings. The van der Waals surface area contributed by atoms with Gasteiger partial charge in [-0.05, 0) is 46.2 Å². The minimum absolute atomic E-state index is 0. The van der Waals surface area contributed by atoms with Crippen LogP contribution in [0.25, 0.3) is 0 Å². The van der Waals surface area contributed by atoms with Gasteiger partial charge in [0, 0.05) is 0 Å². The summed E-state index contributed by atoms with van der Waals surface area (Å²) in [5.41, 5.74) is 2.62. The van der Waals surface area contributed by atoms with Crippen molar-refractivity contribution in [1.82, 2.24) is 0 Å². The van der Waals surface area contributed by atoms with Gasteiger partial charge in [0.25, 0.3) is 0 Å². The Labute approximate surface area is 175 Å². The minimum atomic E-state index is -2.01. The van der Waals surface area contributed by atoms with E-state index in [1.54, 1.807) is 0 Å². The fraction of sp³-hybridized carbons (Fsp3) is 0.400. The summed E-state index contributed by atoms with van der Waals surface area (Å²) in [6.45, 7) is 13.0. The van der Waals surface area contributed by atoms with E-state index >= 15 is 0 Å². The molecule has 0 saturated heterocycles. The molecule has 0 fully saturated rings. The van der Waals surface area contributed by atoms with Crippen LogP contribution >= 0.6 is 8.60 Å². The summed E-state index contributed by atoms with van der Waals surface area (Å²) in [5.74, 6) is 1.20. The van der Waals surface area contributed by atoms with Gasteiger partial charge in [-0.25, -0.2) is 0 Å².